The van der Waals surface area contributed by atoms with Crippen molar-refractivity contribution in [2.24, 2.45) is 22.7 Å². The van der Waals surface area contributed by atoms with E-state index in [0.717, 1.165) is 50.5 Å². The zero-order chi connectivity index (χ0) is 21.9. The Kier molecular flexibility index (Phi) is 5.22. The molecule has 7 heteroatoms. The van der Waals surface area contributed by atoms with Crippen LogP contribution in [0.4, 0.5) is 0 Å². The molecular formula is C24H34N2O4S. The lowest BCUT2D eigenvalue weighted by atomic mass is 9.69. The van der Waals surface area contributed by atoms with E-state index in [0.29, 0.717) is 12.5 Å². The quantitative estimate of drug-likeness (QED) is 0.676. The van der Waals surface area contributed by atoms with Gasteiger partial charge in [0, 0.05) is 5.41 Å². The van der Waals surface area contributed by atoms with Gasteiger partial charge in [-0.2, -0.15) is 5.48 Å². The largest absolute Gasteiger partial charge is 0.296 e. The molecule has 6 nitrogen and oxygen atoms in total. The van der Waals surface area contributed by atoms with E-state index >= 15 is 0 Å². The minimum atomic E-state index is -3.62. The van der Waals surface area contributed by atoms with E-state index in [1.165, 1.54) is 4.31 Å². The van der Waals surface area contributed by atoms with Gasteiger partial charge in [0.15, 0.2) is 0 Å². The highest BCUT2D eigenvalue weighted by atomic mass is 32.2. The minimum absolute atomic E-state index is 0.0418. The minimum Gasteiger partial charge on any atom is -0.296 e. The summed E-state index contributed by atoms with van der Waals surface area (Å²) in [5, 5.41) is 0. The molecule has 4 aliphatic rings. The fourth-order valence-electron chi connectivity index (χ4n) is 7.14. The second-order valence-corrected chi connectivity index (χ2v) is 12.5. The van der Waals surface area contributed by atoms with Gasteiger partial charge < -0.3 is 0 Å². The van der Waals surface area contributed by atoms with Gasteiger partial charge in [-0.25, -0.2) is 12.7 Å². The molecule has 1 amide bonds. The molecule has 1 aliphatic heterocycles. The van der Waals surface area contributed by atoms with Crippen LogP contribution >= 0.6 is 0 Å². The van der Waals surface area contributed by atoms with E-state index in [-0.39, 0.29) is 34.4 Å². The maximum atomic E-state index is 13.8. The smallest absolute Gasteiger partial charge is 0.256 e. The standard InChI is InChI=1S/C24H34N2O4S/c1-23(2)19-12-13-24(23)16-31(28,29)26(20(24)14-19)22(27)21(18-10-6-7-11-18)25-30-15-17-8-4-3-5-9-17/h3-5,8-9,18-21,25H,6-7,10-16H2,1-2H3/t19-,20+,21+,24-/m0/s1. The number of hydrogen-bond donors (Lipinski definition) is 1. The Labute approximate surface area is 185 Å². The predicted molar refractivity (Wildman–Crippen MR) is 118 cm³/mol. The monoisotopic (exact) mass is 446 g/mol. The number of carbonyl (C=O) groups excluding carboxylic acids is 1. The lowest BCUT2D eigenvalue weighted by Crippen LogP contribution is -2.53. The van der Waals surface area contributed by atoms with Gasteiger partial charge in [0.25, 0.3) is 5.91 Å². The molecule has 1 N–H and O–H groups in total. The highest BCUT2D eigenvalue weighted by Gasteiger charge is 2.72. The van der Waals surface area contributed by atoms with Gasteiger partial charge in [0.1, 0.15) is 6.04 Å². The summed E-state index contributed by atoms with van der Waals surface area (Å²) in [4.78, 5) is 19.6. The topological polar surface area (TPSA) is 75.7 Å². The molecule has 2 bridgehead atoms. The zero-order valence-corrected chi connectivity index (χ0v) is 19.4. The number of hydrogen-bond acceptors (Lipinski definition) is 5. The molecule has 3 aliphatic carbocycles. The molecule has 0 radical (unpaired) electrons. The first kappa shape index (κ1) is 21.4. The Morgan fingerprint density at radius 2 is 1.90 bits per heavy atom. The second kappa shape index (κ2) is 7.56. The number of nitrogens with one attached hydrogen (secondary N) is 1. The van der Waals surface area contributed by atoms with Gasteiger partial charge in [0.2, 0.25) is 10.0 Å². The molecule has 5 rings (SSSR count). The van der Waals surface area contributed by atoms with Gasteiger partial charge in [-0.05, 0) is 54.9 Å². The Balaban J connectivity index is 1.38. The summed E-state index contributed by atoms with van der Waals surface area (Å²) in [6, 6.07) is 8.99. The molecule has 170 valence electrons. The van der Waals surface area contributed by atoms with Crippen LogP contribution < -0.4 is 5.48 Å². The molecule has 1 aromatic carbocycles. The van der Waals surface area contributed by atoms with Crippen LogP contribution in [0, 0.1) is 22.7 Å². The third-order valence-electron chi connectivity index (χ3n) is 9.06. The normalized spacial score (nSPS) is 34.2. The maximum absolute atomic E-state index is 13.8. The highest BCUT2D eigenvalue weighted by Crippen LogP contribution is 2.70. The Morgan fingerprint density at radius 1 is 1.19 bits per heavy atom. The lowest BCUT2D eigenvalue weighted by molar-refractivity contribution is -0.138. The molecular weight excluding hydrogens is 412 g/mol. The molecule has 1 aromatic rings. The van der Waals surface area contributed by atoms with Gasteiger partial charge in [-0.15, -0.1) is 0 Å². The summed E-state index contributed by atoms with van der Waals surface area (Å²) in [6.07, 6.45) is 6.79. The molecule has 1 spiro atoms. The average molecular weight is 447 g/mol. The van der Waals surface area contributed by atoms with Crippen molar-refractivity contribution in [1.82, 2.24) is 9.79 Å². The Hall–Kier alpha value is -1.44. The molecule has 1 heterocycles. The average Bonchev–Trinajstić information content (AvgIpc) is 3.44. The van der Waals surface area contributed by atoms with E-state index in [1.807, 2.05) is 30.3 Å². The van der Waals surface area contributed by atoms with Crippen LogP contribution in [0.1, 0.15) is 64.4 Å². The van der Waals surface area contributed by atoms with Crippen molar-refractivity contribution < 1.29 is 18.0 Å². The van der Waals surface area contributed by atoms with Crippen molar-refractivity contribution in [3.05, 3.63) is 35.9 Å². The number of amides is 1. The van der Waals surface area contributed by atoms with Crippen molar-refractivity contribution in [2.45, 2.75) is 77.5 Å². The van der Waals surface area contributed by atoms with Crippen molar-refractivity contribution in [3.8, 4) is 0 Å². The molecule has 0 unspecified atom stereocenters. The molecule has 31 heavy (non-hydrogen) atoms. The summed E-state index contributed by atoms with van der Waals surface area (Å²) in [7, 11) is -3.62. The highest BCUT2D eigenvalue weighted by molar-refractivity contribution is 7.90. The number of benzene rings is 1. The fourth-order valence-corrected chi connectivity index (χ4v) is 9.71. The van der Waals surface area contributed by atoms with Crippen LogP contribution in [-0.2, 0) is 26.3 Å². The van der Waals surface area contributed by atoms with Crippen LogP contribution in [0.25, 0.3) is 0 Å². The van der Waals surface area contributed by atoms with Gasteiger partial charge >= 0.3 is 0 Å². The van der Waals surface area contributed by atoms with Crippen molar-refractivity contribution in [3.63, 3.8) is 0 Å². The van der Waals surface area contributed by atoms with Crippen LogP contribution in [0.5, 0.6) is 0 Å². The van der Waals surface area contributed by atoms with Gasteiger partial charge in [-0.3, -0.25) is 9.63 Å². The van der Waals surface area contributed by atoms with Crippen LogP contribution in [-0.4, -0.2) is 36.5 Å². The Bertz CT molecular complexity index is 942. The molecule has 0 aromatic heterocycles. The fraction of sp³-hybridized carbons (Fsp3) is 0.708. The number of fused-ring (bicyclic) bond motifs is 1. The van der Waals surface area contributed by atoms with E-state index in [2.05, 4.69) is 19.3 Å². The van der Waals surface area contributed by atoms with Crippen molar-refractivity contribution in [2.75, 3.05) is 5.75 Å². The molecule has 4 fully saturated rings. The molecule has 3 saturated carbocycles. The number of hydroxylamine groups is 1. The number of rotatable bonds is 6. The summed E-state index contributed by atoms with van der Waals surface area (Å²) in [6.45, 7) is 4.76. The summed E-state index contributed by atoms with van der Waals surface area (Å²) in [5.74, 6) is 0.421. The molecule has 1 saturated heterocycles. The first-order chi connectivity index (χ1) is 14.8. The van der Waals surface area contributed by atoms with E-state index in [9.17, 15) is 13.2 Å². The third kappa shape index (κ3) is 3.26. The van der Waals surface area contributed by atoms with E-state index in [4.69, 9.17) is 4.84 Å². The third-order valence-corrected chi connectivity index (χ3v) is 11.0. The van der Waals surface area contributed by atoms with Crippen LogP contribution in [0.2, 0.25) is 0 Å². The number of nitrogens with zero attached hydrogens (tertiary/aromatic N) is 1. The Morgan fingerprint density at radius 3 is 2.58 bits per heavy atom. The number of carbonyl (C=O) groups is 1. The first-order valence-corrected chi connectivity index (χ1v) is 13.3. The van der Waals surface area contributed by atoms with E-state index in [1.54, 1.807) is 0 Å². The SMILES string of the molecule is CC1(C)[C@H]2CC[C@@]13CS(=O)(=O)N(C(=O)[C@H](NOCc1ccccc1)C1CCCC1)[C@@H]3C2. The van der Waals surface area contributed by atoms with Crippen molar-refractivity contribution >= 4 is 15.9 Å². The summed E-state index contributed by atoms with van der Waals surface area (Å²) >= 11 is 0. The van der Waals surface area contributed by atoms with E-state index < -0.39 is 16.1 Å². The lowest BCUT2D eigenvalue weighted by Gasteiger charge is -2.37. The van der Waals surface area contributed by atoms with Crippen molar-refractivity contribution in [1.29, 1.82) is 0 Å². The van der Waals surface area contributed by atoms with Gasteiger partial charge in [0.05, 0.1) is 18.4 Å². The van der Waals surface area contributed by atoms with Crippen LogP contribution in [0.15, 0.2) is 30.3 Å². The second-order valence-electron chi connectivity index (χ2n) is 10.7. The number of sulfonamides is 1. The van der Waals surface area contributed by atoms with Crippen LogP contribution in [0.3, 0.4) is 0 Å². The zero-order valence-electron chi connectivity index (χ0n) is 18.5. The predicted octanol–water partition coefficient (Wildman–Crippen LogP) is 3.63. The molecule has 4 atom stereocenters. The summed E-state index contributed by atoms with van der Waals surface area (Å²) in [5.41, 5.74) is 3.68. The van der Waals surface area contributed by atoms with Gasteiger partial charge in [-0.1, -0.05) is 57.0 Å². The maximum Gasteiger partial charge on any atom is 0.256 e. The first-order valence-electron chi connectivity index (χ1n) is 11.7. The summed E-state index contributed by atoms with van der Waals surface area (Å²) < 4.78 is 28.0.